The second kappa shape index (κ2) is 6.74. The molecule has 0 saturated heterocycles. The van der Waals surface area contributed by atoms with Crippen LogP contribution >= 0.6 is 0 Å². The highest BCUT2D eigenvalue weighted by atomic mass is 16.4. The molecule has 0 saturated carbocycles. The molecule has 24 heavy (non-hydrogen) atoms. The fraction of sp³-hybridized carbons (Fsp3) is 0.263. The van der Waals surface area contributed by atoms with Gasteiger partial charge < -0.3 is 15.4 Å². The van der Waals surface area contributed by atoms with Crippen LogP contribution in [0.3, 0.4) is 0 Å². The number of carbonyl (C=O) groups is 1. The van der Waals surface area contributed by atoms with Crippen molar-refractivity contribution in [3.63, 3.8) is 0 Å². The van der Waals surface area contributed by atoms with Crippen LogP contribution in [0.1, 0.15) is 29.3 Å². The van der Waals surface area contributed by atoms with Crippen molar-refractivity contribution in [2.75, 3.05) is 11.9 Å². The first-order valence-electron chi connectivity index (χ1n) is 8.00. The predicted molar refractivity (Wildman–Crippen MR) is 95.5 cm³/mol. The summed E-state index contributed by atoms with van der Waals surface area (Å²) in [6, 6.07) is 13.9. The average molecular weight is 323 g/mol. The molecule has 0 spiro atoms. The van der Waals surface area contributed by atoms with Crippen LogP contribution in [0.25, 0.3) is 11.0 Å². The quantitative estimate of drug-likeness (QED) is 0.644. The van der Waals surface area contributed by atoms with Crippen molar-refractivity contribution in [2.24, 2.45) is 0 Å². The highest BCUT2D eigenvalue weighted by Crippen LogP contribution is 2.23. The number of H-pyrrole nitrogens is 1. The monoisotopic (exact) mass is 323 g/mol. The maximum Gasteiger partial charge on any atom is 0.304 e. The van der Waals surface area contributed by atoms with Crippen LogP contribution in [0, 0.1) is 13.8 Å². The van der Waals surface area contributed by atoms with Gasteiger partial charge in [0.2, 0.25) is 0 Å². The van der Waals surface area contributed by atoms with Crippen molar-refractivity contribution in [1.29, 1.82) is 0 Å². The van der Waals surface area contributed by atoms with Gasteiger partial charge in [-0.3, -0.25) is 4.79 Å². The Balaban J connectivity index is 1.83. The number of carboxylic acids is 1. The molecule has 0 aliphatic rings. The summed E-state index contributed by atoms with van der Waals surface area (Å²) in [5, 5.41) is 12.6. The van der Waals surface area contributed by atoms with Gasteiger partial charge in [-0.15, -0.1) is 0 Å². The molecular weight excluding hydrogens is 302 g/mol. The van der Waals surface area contributed by atoms with E-state index in [1.54, 1.807) is 0 Å². The van der Waals surface area contributed by atoms with Crippen molar-refractivity contribution in [3.05, 3.63) is 59.4 Å². The minimum absolute atomic E-state index is 0.0255. The molecule has 0 amide bonds. The van der Waals surface area contributed by atoms with Crippen molar-refractivity contribution in [2.45, 2.75) is 26.2 Å². The van der Waals surface area contributed by atoms with Gasteiger partial charge in [0.05, 0.1) is 17.5 Å². The summed E-state index contributed by atoms with van der Waals surface area (Å²) < 4.78 is 0. The number of imidazole rings is 1. The third-order valence-corrected chi connectivity index (χ3v) is 4.15. The van der Waals surface area contributed by atoms with Crippen LogP contribution in [0.2, 0.25) is 0 Å². The van der Waals surface area contributed by atoms with Gasteiger partial charge in [-0.05, 0) is 43.2 Å². The molecule has 1 atom stereocenters. The summed E-state index contributed by atoms with van der Waals surface area (Å²) in [4.78, 5) is 19.1. The summed E-state index contributed by atoms with van der Waals surface area (Å²) in [6.45, 7) is 4.59. The van der Waals surface area contributed by atoms with Crippen LogP contribution < -0.4 is 5.32 Å². The standard InChI is InChI=1S/C19H21N3O2/c1-12-7-8-13(2)17(9-12)20-11-14(10-18(23)24)19-21-15-5-3-4-6-16(15)22-19/h3-9,14,20H,10-11H2,1-2H3,(H,21,22)(H,23,24). The molecule has 0 radical (unpaired) electrons. The zero-order chi connectivity index (χ0) is 17.1. The number of benzene rings is 2. The Morgan fingerprint density at radius 1 is 1.25 bits per heavy atom. The Kier molecular flexibility index (Phi) is 4.51. The molecule has 0 aliphatic carbocycles. The Bertz CT molecular complexity index is 837. The summed E-state index contributed by atoms with van der Waals surface area (Å²) in [5.74, 6) is -0.352. The van der Waals surface area contributed by atoms with Gasteiger partial charge in [0.15, 0.2) is 0 Å². The van der Waals surface area contributed by atoms with E-state index in [2.05, 4.69) is 33.5 Å². The average Bonchev–Trinajstić information content (AvgIpc) is 2.98. The molecule has 124 valence electrons. The first-order chi connectivity index (χ1) is 11.5. The smallest absolute Gasteiger partial charge is 0.304 e. The maximum absolute atomic E-state index is 11.3. The number of hydrogen-bond donors (Lipinski definition) is 3. The lowest BCUT2D eigenvalue weighted by Gasteiger charge is -2.16. The number of aryl methyl sites for hydroxylation is 2. The number of aliphatic carboxylic acids is 1. The molecule has 0 fully saturated rings. The number of nitrogens with one attached hydrogen (secondary N) is 2. The van der Waals surface area contributed by atoms with Gasteiger partial charge >= 0.3 is 5.97 Å². The molecule has 1 aromatic heterocycles. The van der Waals surface area contributed by atoms with Crippen LogP contribution in [0.5, 0.6) is 0 Å². The van der Waals surface area contributed by atoms with Crippen LogP contribution in [0.4, 0.5) is 5.69 Å². The Hall–Kier alpha value is -2.82. The van der Waals surface area contributed by atoms with E-state index in [1.807, 2.05) is 38.1 Å². The molecule has 3 aromatic rings. The molecule has 3 rings (SSSR count). The number of anilines is 1. The lowest BCUT2D eigenvalue weighted by atomic mass is 10.0. The fourth-order valence-electron chi connectivity index (χ4n) is 2.80. The van der Waals surface area contributed by atoms with Gasteiger partial charge in [0.1, 0.15) is 5.82 Å². The molecule has 2 aromatic carbocycles. The zero-order valence-electron chi connectivity index (χ0n) is 13.8. The molecular formula is C19H21N3O2. The van der Waals surface area contributed by atoms with Crippen molar-refractivity contribution < 1.29 is 9.90 Å². The maximum atomic E-state index is 11.3. The topological polar surface area (TPSA) is 78.0 Å². The van der Waals surface area contributed by atoms with E-state index in [0.29, 0.717) is 12.4 Å². The predicted octanol–water partition coefficient (Wildman–Crippen LogP) is 3.85. The minimum atomic E-state index is -0.830. The number of hydrogen-bond acceptors (Lipinski definition) is 3. The van der Waals surface area contributed by atoms with E-state index in [1.165, 1.54) is 5.56 Å². The van der Waals surface area contributed by atoms with Crippen LogP contribution in [-0.4, -0.2) is 27.6 Å². The first kappa shape index (κ1) is 16.1. The van der Waals surface area contributed by atoms with Gasteiger partial charge in [0.25, 0.3) is 0 Å². The number of nitrogens with zero attached hydrogens (tertiary/aromatic N) is 1. The SMILES string of the molecule is Cc1ccc(C)c(NCC(CC(=O)O)c2nc3ccccc3[nH]2)c1. The molecule has 5 heteroatoms. The van der Waals surface area contributed by atoms with E-state index in [9.17, 15) is 9.90 Å². The largest absolute Gasteiger partial charge is 0.481 e. The normalized spacial score (nSPS) is 12.2. The van der Waals surface area contributed by atoms with Crippen LogP contribution in [0.15, 0.2) is 42.5 Å². The summed E-state index contributed by atoms with van der Waals surface area (Å²) in [5.41, 5.74) is 5.12. The molecule has 0 aliphatic heterocycles. The highest BCUT2D eigenvalue weighted by Gasteiger charge is 2.19. The highest BCUT2D eigenvalue weighted by molar-refractivity contribution is 5.75. The van der Waals surface area contributed by atoms with E-state index in [4.69, 9.17) is 0 Å². The van der Waals surface area contributed by atoms with Crippen molar-refractivity contribution in [3.8, 4) is 0 Å². The van der Waals surface area contributed by atoms with E-state index >= 15 is 0 Å². The summed E-state index contributed by atoms with van der Waals surface area (Å²) in [7, 11) is 0. The van der Waals surface area contributed by atoms with Gasteiger partial charge in [0, 0.05) is 18.2 Å². The first-order valence-corrected chi connectivity index (χ1v) is 8.00. The number of carboxylic acid groups (broad SMARTS) is 1. The Morgan fingerprint density at radius 3 is 2.79 bits per heavy atom. The molecule has 5 nitrogen and oxygen atoms in total. The number of para-hydroxylation sites is 2. The minimum Gasteiger partial charge on any atom is -0.481 e. The third kappa shape index (κ3) is 3.56. The fourth-order valence-corrected chi connectivity index (χ4v) is 2.80. The number of aromatic amines is 1. The zero-order valence-corrected chi connectivity index (χ0v) is 13.8. The Morgan fingerprint density at radius 2 is 2.04 bits per heavy atom. The lowest BCUT2D eigenvalue weighted by Crippen LogP contribution is -2.18. The van der Waals surface area contributed by atoms with Crippen molar-refractivity contribution >= 4 is 22.7 Å². The molecule has 1 unspecified atom stereocenters. The van der Waals surface area contributed by atoms with Gasteiger partial charge in [-0.1, -0.05) is 24.3 Å². The number of aromatic nitrogens is 2. The molecule has 0 bridgehead atoms. The van der Waals surface area contributed by atoms with Gasteiger partial charge in [-0.25, -0.2) is 4.98 Å². The third-order valence-electron chi connectivity index (χ3n) is 4.15. The van der Waals surface area contributed by atoms with E-state index in [0.717, 1.165) is 22.3 Å². The van der Waals surface area contributed by atoms with E-state index in [-0.39, 0.29) is 12.3 Å². The summed E-state index contributed by atoms with van der Waals surface area (Å²) >= 11 is 0. The van der Waals surface area contributed by atoms with Gasteiger partial charge in [-0.2, -0.15) is 0 Å². The second-order valence-corrected chi connectivity index (χ2v) is 6.13. The van der Waals surface area contributed by atoms with E-state index < -0.39 is 5.97 Å². The number of fused-ring (bicyclic) bond motifs is 1. The molecule has 1 heterocycles. The van der Waals surface area contributed by atoms with Crippen molar-refractivity contribution in [1.82, 2.24) is 9.97 Å². The van der Waals surface area contributed by atoms with Crippen LogP contribution in [-0.2, 0) is 4.79 Å². The number of rotatable bonds is 6. The lowest BCUT2D eigenvalue weighted by molar-refractivity contribution is -0.137. The Labute approximate surface area is 140 Å². The summed E-state index contributed by atoms with van der Waals surface area (Å²) in [6.07, 6.45) is 0.0255. The second-order valence-electron chi connectivity index (χ2n) is 6.13. The molecule has 3 N–H and O–H groups in total.